The van der Waals surface area contributed by atoms with Crippen molar-refractivity contribution in [3.8, 4) is 6.07 Å². The fourth-order valence-electron chi connectivity index (χ4n) is 1.26. The van der Waals surface area contributed by atoms with E-state index in [1.54, 1.807) is 0 Å². The molecular weight excluding hydrogens is 174 g/mol. The molecule has 1 aromatic heterocycles. The predicted molar refractivity (Wildman–Crippen MR) is 56.6 cm³/mol. The van der Waals surface area contributed by atoms with Gasteiger partial charge in [0, 0.05) is 26.3 Å². The molecule has 0 radical (unpaired) electrons. The number of aryl methyl sites for hydroxylation is 1. The van der Waals surface area contributed by atoms with Gasteiger partial charge in [-0.05, 0) is 18.6 Å². The first-order valence-corrected chi connectivity index (χ1v) is 4.54. The number of nitrogens with zero attached hydrogens (tertiary/aromatic N) is 2. The van der Waals surface area contributed by atoms with Crippen LogP contribution in [0.15, 0.2) is 24.4 Å². The van der Waals surface area contributed by atoms with Crippen LogP contribution in [0.25, 0.3) is 0 Å². The van der Waals surface area contributed by atoms with Crippen LogP contribution >= 0.6 is 0 Å². The molecule has 1 heterocycles. The van der Waals surface area contributed by atoms with Crippen molar-refractivity contribution < 1.29 is 0 Å². The average Bonchev–Trinajstić information content (AvgIpc) is 2.45. The van der Waals surface area contributed by atoms with Gasteiger partial charge in [0.2, 0.25) is 0 Å². The molecule has 0 amide bonds. The summed E-state index contributed by atoms with van der Waals surface area (Å²) in [7, 11) is 1.88. The molecule has 1 N–H and O–H groups in total. The lowest BCUT2D eigenvalue weighted by Crippen LogP contribution is -2.14. The Labute approximate surface area is 84.7 Å². The minimum absolute atomic E-state index is 0.692. The normalized spacial score (nSPS) is 9.79. The van der Waals surface area contributed by atoms with Crippen LogP contribution in [0, 0.1) is 11.3 Å². The summed E-state index contributed by atoms with van der Waals surface area (Å²) in [4.78, 5) is 0. The van der Waals surface area contributed by atoms with E-state index in [0.717, 1.165) is 24.2 Å². The molecule has 0 aliphatic rings. The molecular formula is C11H15N3. The largest absolute Gasteiger partial charge is 0.342 e. The van der Waals surface area contributed by atoms with E-state index in [1.807, 2.05) is 30.8 Å². The van der Waals surface area contributed by atoms with E-state index in [9.17, 15) is 0 Å². The van der Waals surface area contributed by atoms with Gasteiger partial charge >= 0.3 is 0 Å². The Morgan fingerprint density at radius 3 is 2.93 bits per heavy atom. The number of hydrogen-bond acceptors (Lipinski definition) is 2. The van der Waals surface area contributed by atoms with Gasteiger partial charge in [0.25, 0.3) is 0 Å². The van der Waals surface area contributed by atoms with Gasteiger partial charge in [-0.1, -0.05) is 12.2 Å². The maximum Gasteiger partial charge on any atom is 0.120 e. The Morgan fingerprint density at radius 1 is 1.71 bits per heavy atom. The van der Waals surface area contributed by atoms with E-state index in [4.69, 9.17) is 5.26 Å². The Kier molecular flexibility index (Phi) is 3.49. The average molecular weight is 189 g/mol. The summed E-state index contributed by atoms with van der Waals surface area (Å²) in [6, 6.07) is 4.03. The maximum absolute atomic E-state index is 8.74. The second kappa shape index (κ2) is 4.64. The van der Waals surface area contributed by atoms with Crippen molar-refractivity contribution in [2.45, 2.75) is 13.5 Å². The monoisotopic (exact) mass is 189 g/mol. The van der Waals surface area contributed by atoms with E-state index < -0.39 is 0 Å². The third-order valence-corrected chi connectivity index (χ3v) is 1.93. The van der Waals surface area contributed by atoms with Gasteiger partial charge in [-0.25, -0.2) is 0 Å². The summed E-state index contributed by atoms with van der Waals surface area (Å²) in [6.07, 6.45) is 1.96. The lowest BCUT2D eigenvalue weighted by atomic mass is 10.3. The van der Waals surface area contributed by atoms with Crippen molar-refractivity contribution in [1.29, 1.82) is 5.26 Å². The Bertz CT molecular complexity index is 368. The molecule has 3 heteroatoms. The second-order valence-electron chi connectivity index (χ2n) is 3.52. The van der Waals surface area contributed by atoms with Crippen molar-refractivity contribution in [2.75, 3.05) is 6.54 Å². The zero-order valence-electron chi connectivity index (χ0n) is 8.67. The van der Waals surface area contributed by atoms with Crippen LogP contribution < -0.4 is 5.32 Å². The van der Waals surface area contributed by atoms with Crippen molar-refractivity contribution in [3.05, 3.63) is 35.7 Å². The first-order valence-electron chi connectivity index (χ1n) is 4.54. The number of aromatic nitrogens is 1. The molecule has 0 unspecified atom stereocenters. The van der Waals surface area contributed by atoms with Gasteiger partial charge < -0.3 is 9.88 Å². The van der Waals surface area contributed by atoms with Gasteiger partial charge in [-0.15, -0.1) is 0 Å². The summed E-state index contributed by atoms with van der Waals surface area (Å²) in [5.74, 6) is 0. The predicted octanol–water partition coefficient (Wildman–Crippen LogP) is 1.56. The zero-order valence-corrected chi connectivity index (χ0v) is 8.67. The van der Waals surface area contributed by atoms with Gasteiger partial charge in [0.1, 0.15) is 11.8 Å². The molecule has 14 heavy (non-hydrogen) atoms. The molecule has 0 aliphatic carbocycles. The quantitative estimate of drug-likeness (QED) is 0.730. The highest BCUT2D eigenvalue weighted by Crippen LogP contribution is 2.05. The molecule has 0 saturated heterocycles. The highest BCUT2D eigenvalue weighted by atomic mass is 14.9. The highest BCUT2D eigenvalue weighted by Gasteiger charge is 2.00. The minimum Gasteiger partial charge on any atom is -0.342 e. The van der Waals surface area contributed by atoms with Crippen molar-refractivity contribution in [3.63, 3.8) is 0 Å². The third kappa shape index (κ3) is 2.75. The molecule has 1 rings (SSSR count). The van der Waals surface area contributed by atoms with Crippen LogP contribution in [0.4, 0.5) is 0 Å². The van der Waals surface area contributed by atoms with Gasteiger partial charge in [-0.2, -0.15) is 5.26 Å². The van der Waals surface area contributed by atoms with Crippen molar-refractivity contribution in [1.82, 2.24) is 9.88 Å². The van der Waals surface area contributed by atoms with E-state index in [0.29, 0.717) is 5.69 Å². The van der Waals surface area contributed by atoms with Crippen LogP contribution in [-0.2, 0) is 13.6 Å². The SMILES string of the molecule is C=C(C)CNCc1cc(C#N)n(C)c1. The first-order chi connectivity index (χ1) is 6.63. The van der Waals surface area contributed by atoms with E-state index >= 15 is 0 Å². The molecule has 1 aromatic rings. The Morgan fingerprint density at radius 2 is 2.43 bits per heavy atom. The summed E-state index contributed by atoms with van der Waals surface area (Å²) >= 11 is 0. The smallest absolute Gasteiger partial charge is 0.120 e. The Hall–Kier alpha value is -1.53. The molecule has 0 fully saturated rings. The highest BCUT2D eigenvalue weighted by molar-refractivity contribution is 5.28. The molecule has 74 valence electrons. The number of hydrogen-bond donors (Lipinski definition) is 1. The Balaban J connectivity index is 2.52. The van der Waals surface area contributed by atoms with Crippen molar-refractivity contribution in [2.24, 2.45) is 7.05 Å². The summed E-state index contributed by atoms with van der Waals surface area (Å²) < 4.78 is 1.83. The standard InChI is InChI=1S/C11H15N3/c1-9(2)6-13-7-10-4-11(5-12)14(3)8-10/h4,8,13H,1,6-7H2,2-3H3. The molecule has 0 bridgehead atoms. The second-order valence-corrected chi connectivity index (χ2v) is 3.52. The van der Waals surface area contributed by atoms with Gasteiger partial charge in [0.15, 0.2) is 0 Å². The molecule has 0 spiro atoms. The van der Waals surface area contributed by atoms with Crippen LogP contribution in [0.2, 0.25) is 0 Å². The fourth-order valence-corrected chi connectivity index (χ4v) is 1.26. The van der Waals surface area contributed by atoms with Crippen LogP contribution in [-0.4, -0.2) is 11.1 Å². The molecule has 0 saturated carbocycles. The van der Waals surface area contributed by atoms with Crippen LogP contribution in [0.3, 0.4) is 0 Å². The third-order valence-electron chi connectivity index (χ3n) is 1.93. The summed E-state index contributed by atoms with van der Waals surface area (Å²) in [6.45, 7) is 7.39. The van der Waals surface area contributed by atoms with Gasteiger partial charge in [-0.3, -0.25) is 0 Å². The van der Waals surface area contributed by atoms with Crippen LogP contribution in [0.5, 0.6) is 0 Å². The fraction of sp³-hybridized carbons (Fsp3) is 0.364. The minimum atomic E-state index is 0.692. The lowest BCUT2D eigenvalue weighted by molar-refractivity contribution is 0.739. The lowest BCUT2D eigenvalue weighted by Gasteiger charge is -2.01. The number of rotatable bonds is 4. The number of nitriles is 1. The first kappa shape index (κ1) is 10.6. The molecule has 0 aliphatic heterocycles. The molecule has 0 aromatic carbocycles. The maximum atomic E-state index is 8.74. The molecule has 3 nitrogen and oxygen atoms in total. The topological polar surface area (TPSA) is 40.8 Å². The van der Waals surface area contributed by atoms with Gasteiger partial charge in [0.05, 0.1) is 0 Å². The van der Waals surface area contributed by atoms with E-state index in [1.165, 1.54) is 0 Å². The van der Waals surface area contributed by atoms with Crippen molar-refractivity contribution >= 4 is 0 Å². The van der Waals surface area contributed by atoms with Crippen LogP contribution in [0.1, 0.15) is 18.2 Å². The zero-order chi connectivity index (χ0) is 10.6. The van der Waals surface area contributed by atoms with E-state index in [2.05, 4.69) is 18.0 Å². The summed E-state index contributed by atoms with van der Waals surface area (Å²) in [5.41, 5.74) is 2.93. The number of nitrogens with one attached hydrogen (secondary N) is 1. The van der Waals surface area contributed by atoms with E-state index in [-0.39, 0.29) is 0 Å². The molecule has 0 atom stereocenters. The summed E-state index contributed by atoms with van der Waals surface area (Å²) in [5, 5.41) is 12.0.